The van der Waals surface area contributed by atoms with Gasteiger partial charge in [0.1, 0.15) is 12.1 Å². The first-order chi connectivity index (χ1) is 18.8. The van der Waals surface area contributed by atoms with Crippen molar-refractivity contribution in [3.8, 4) is 0 Å². The zero-order valence-electron chi connectivity index (χ0n) is 22.3. The molecular formula is C29H34F3N3O2S2. The lowest BCUT2D eigenvalue weighted by Gasteiger charge is -2.32. The fourth-order valence-corrected chi connectivity index (χ4v) is 5.41. The summed E-state index contributed by atoms with van der Waals surface area (Å²) in [6.45, 7) is 6.16. The van der Waals surface area contributed by atoms with Crippen LogP contribution in [-0.4, -0.2) is 48.6 Å². The van der Waals surface area contributed by atoms with Crippen molar-refractivity contribution in [1.82, 2.24) is 10.3 Å². The molecule has 1 aliphatic heterocycles. The smallest absolute Gasteiger partial charge is 0.357 e. The Morgan fingerprint density at radius 2 is 1.72 bits per heavy atom. The fraction of sp³-hybridized carbons (Fsp3) is 0.345. The highest BCUT2D eigenvalue weighted by Crippen LogP contribution is 2.36. The van der Waals surface area contributed by atoms with E-state index in [1.54, 1.807) is 0 Å². The minimum Gasteiger partial charge on any atom is -0.357 e. The number of nitrogens with one attached hydrogen (secondary N) is 1. The minimum atomic E-state index is -4.30. The van der Waals surface area contributed by atoms with Crippen molar-refractivity contribution in [1.29, 1.82) is 0 Å². The minimum absolute atomic E-state index is 0.0650. The predicted octanol–water partition coefficient (Wildman–Crippen LogP) is 7.59. The van der Waals surface area contributed by atoms with E-state index in [0.717, 1.165) is 42.4 Å². The Morgan fingerprint density at radius 1 is 1.03 bits per heavy atom. The maximum absolute atomic E-state index is 12.0. The Hall–Kier alpha value is -2.98. The summed E-state index contributed by atoms with van der Waals surface area (Å²) in [7, 11) is 1.46. The van der Waals surface area contributed by atoms with Crippen LogP contribution in [0.1, 0.15) is 47.4 Å². The van der Waals surface area contributed by atoms with E-state index in [2.05, 4.69) is 27.3 Å². The topological polar surface area (TPSA) is 62.3 Å². The number of nitrogens with zero attached hydrogens (tertiary/aromatic N) is 2. The Balaban J connectivity index is 0.000000275. The molecule has 39 heavy (non-hydrogen) atoms. The summed E-state index contributed by atoms with van der Waals surface area (Å²) in [4.78, 5) is 29.9. The van der Waals surface area contributed by atoms with E-state index in [1.165, 1.54) is 49.1 Å². The molecule has 1 N–H and O–H groups in total. The van der Waals surface area contributed by atoms with E-state index in [1.807, 2.05) is 62.1 Å². The van der Waals surface area contributed by atoms with Crippen LogP contribution in [0.5, 0.6) is 0 Å². The molecule has 1 aliphatic rings. The second kappa shape index (κ2) is 16.9. The summed E-state index contributed by atoms with van der Waals surface area (Å²) in [5.41, 5.74) is -3.20. The highest BCUT2D eigenvalue weighted by atomic mass is 32.2. The molecular weight excluding hydrogens is 543 g/mol. The average molecular weight is 578 g/mol. The molecule has 0 unspecified atom stereocenters. The normalized spacial score (nSPS) is 13.3. The summed E-state index contributed by atoms with van der Waals surface area (Å²) in [5, 5.41) is 2.38. The van der Waals surface area contributed by atoms with Gasteiger partial charge in [-0.1, -0.05) is 32.0 Å². The Bertz CT molecular complexity index is 1140. The third-order valence-electron chi connectivity index (χ3n) is 5.64. The number of anilines is 1. The van der Waals surface area contributed by atoms with Gasteiger partial charge in [-0.15, -0.1) is 11.8 Å². The molecule has 5 nitrogen and oxygen atoms in total. The summed E-state index contributed by atoms with van der Waals surface area (Å²) >= 11 is 1.66. The Labute approximate surface area is 237 Å². The number of benzene rings is 2. The number of rotatable bonds is 7. The van der Waals surface area contributed by atoms with E-state index in [4.69, 9.17) is 0 Å². The number of hydrogen-bond donors (Lipinski definition) is 1. The second-order valence-electron chi connectivity index (χ2n) is 8.27. The summed E-state index contributed by atoms with van der Waals surface area (Å²) in [5.74, 6) is 2.63. The zero-order valence-corrected chi connectivity index (χ0v) is 23.9. The average Bonchev–Trinajstić information content (AvgIpc) is 2.97. The molecule has 0 bridgehead atoms. The molecule has 2 aromatic carbocycles. The lowest BCUT2D eigenvalue weighted by Crippen LogP contribution is -2.34. The molecule has 0 saturated carbocycles. The van der Waals surface area contributed by atoms with Crippen LogP contribution in [0.3, 0.4) is 0 Å². The molecule has 1 fully saturated rings. The fourth-order valence-electron chi connectivity index (χ4n) is 3.71. The number of carbonyl (C=O) groups excluding carboxylic acids is 2. The van der Waals surface area contributed by atoms with Crippen molar-refractivity contribution in [3.63, 3.8) is 0 Å². The van der Waals surface area contributed by atoms with Crippen molar-refractivity contribution in [2.75, 3.05) is 30.8 Å². The molecule has 0 spiro atoms. The van der Waals surface area contributed by atoms with Gasteiger partial charge in [0.05, 0.1) is 0 Å². The van der Waals surface area contributed by atoms with Crippen LogP contribution in [0.2, 0.25) is 0 Å². The number of amides is 1. The number of halogens is 3. The van der Waals surface area contributed by atoms with E-state index in [9.17, 15) is 22.8 Å². The number of aromatic nitrogens is 1. The Morgan fingerprint density at radius 3 is 2.28 bits per heavy atom. The molecule has 0 aliphatic carbocycles. The van der Waals surface area contributed by atoms with Gasteiger partial charge in [-0.05, 0) is 79.1 Å². The van der Waals surface area contributed by atoms with E-state index < -0.39 is 5.51 Å². The summed E-state index contributed by atoms with van der Waals surface area (Å²) in [6, 6.07) is 19.2. The summed E-state index contributed by atoms with van der Waals surface area (Å²) < 4.78 is 35.9. The number of hydrogen-bond acceptors (Lipinski definition) is 6. The standard InChI is InChI=1S/C18H20N2OS.C9H8F3NOS.C2H6/c21-13-16-4-3-5-17(12-16)22-14-15-7-10-20(11-8-15)18-6-1-2-9-19-18;1-13-8(14)6-2-4-7(5-3-6)15-9(10,11)12;1-2/h1-6,9,12-13,15H,7-8,10-11,14H2;2-5H,1H3,(H,13,14);1-2H3. The van der Waals surface area contributed by atoms with E-state index in [-0.39, 0.29) is 22.6 Å². The number of thioether (sulfide) groups is 2. The molecule has 3 aromatic rings. The maximum Gasteiger partial charge on any atom is 0.446 e. The first-order valence-electron chi connectivity index (χ1n) is 12.7. The predicted molar refractivity (Wildman–Crippen MR) is 155 cm³/mol. The van der Waals surface area contributed by atoms with Gasteiger partial charge in [0, 0.05) is 53.0 Å². The maximum atomic E-state index is 12.0. The third kappa shape index (κ3) is 11.7. The van der Waals surface area contributed by atoms with Crippen LogP contribution in [0.25, 0.3) is 0 Å². The lowest BCUT2D eigenvalue weighted by atomic mass is 9.99. The molecule has 1 aromatic heterocycles. The second-order valence-corrected chi connectivity index (χ2v) is 10.5. The van der Waals surface area contributed by atoms with Crippen molar-refractivity contribution in [2.45, 2.75) is 42.0 Å². The lowest BCUT2D eigenvalue weighted by molar-refractivity contribution is -0.0328. The van der Waals surface area contributed by atoms with Crippen LogP contribution >= 0.6 is 23.5 Å². The van der Waals surface area contributed by atoms with E-state index >= 15 is 0 Å². The highest BCUT2D eigenvalue weighted by molar-refractivity contribution is 8.00. The van der Waals surface area contributed by atoms with Gasteiger partial charge in [-0.2, -0.15) is 13.2 Å². The molecule has 1 saturated heterocycles. The van der Waals surface area contributed by atoms with Crippen molar-refractivity contribution >= 4 is 41.5 Å². The van der Waals surface area contributed by atoms with Gasteiger partial charge in [-0.3, -0.25) is 9.59 Å². The van der Waals surface area contributed by atoms with Gasteiger partial charge in [0.2, 0.25) is 0 Å². The van der Waals surface area contributed by atoms with E-state index in [0.29, 0.717) is 5.56 Å². The van der Waals surface area contributed by atoms with Crippen LogP contribution in [0, 0.1) is 5.92 Å². The first kappa shape index (κ1) is 32.2. The number of alkyl halides is 3. The summed E-state index contributed by atoms with van der Waals surface area (Å²) in [6.07, 6.45) is 5.18. The van der Waals surface area contributed by atoms with Gasteiger partial charge in [0.15, 0.2) is 0 Å². The Kier molecular flexibility index (Phi) is 13.9. The number of carbonyl (C=O) groups is 2. The van der Waals surface area contributed by atoms with Crippen molar-refractivity contribution < 1.29 is 22.8 Å². The molecule has 4 rings (SSSR count). The molecule has 1 amide bonds. The third-order valence-corrected chi connectivity index (χ3v) is 7.61. The molecule has 0 radical (unpaired) electrons. The van der Waals surface area contributed by atoms with Crippen LogP contribution in [0.15, 0.2) is 82.7 Å². The van der Waals surface area contributed by atoms with Crippen LogP contribution in [0.4, 0.5) is 19.0 Å². The van der Waals surface area contributed by atoms with Gasteiger partial charge < -0.3 is 10.2 Å². The monoisotopic (exact) mass is 577 g/mol. The highest BCUT2D eigenvalue weighted by Gasteiger charge is 2.29. The van der Waals surface area contributed by atoms with Gasteiger partial charge in [-0.25, -0.2) is 4.98 Å². The molecule has 210 valence electrons. The molecule has 2 heterocycles. The quantitative estimate of drug-likeness (QED) is 0.231. The molecule has 0 atom stereocenters. The number of aldehydes is 1. The van der Waals surface area contributed by atoms with Crippen molar-refractivity contribution in [3.05, 3.63) is 84.1 Å². The van der Waals surface area contributed by atoms with Gasteiger partial charge >= 0.3 is 5.51 Å². The molecule has 10 heteroatoms. The first-order valence-corrected chi connectivity index (χ1v) is 14.5. The van der Waals surface area contributed by atoms with Crippen LogP contribution in [-0.2, 0) is 0 Å². The largest absolute Gasteiger partial charge is 0.446 e. The van der Waals surface area contributed by atoms with Gasteiger partial charge in [0.25, 0.3) is 5.91 Å². The number of piperidine rings is 1. The van der Waals surface area contributed by atoms with Crippen molar-refractivity contribution in [2.24, 2.45) is 5.92 Å². The SMILES string of the molecule is CC.CNC(=O)c1ccc(SC(F)(F)F)cc1.O=Cc1cccc(SCC2CCN(c3ccccn3)CC2)c1. The zero-order chi connectivity index (χ0) is 28.7. The van der Waals surface area contributed by atoms with Crippen LogP contribution < -0.4 is 10.2 Å². The number of pyridine rings is 1.